The Bertz CT molecular complexity index is 838. The molecule has 6 heteroatoms. The summed E-state index contributed by atoms with van der Waals surface area (Å²) in [5, 5.41) is 5.13. The van der Waals surface area contributed by atoms with Gasteiger partial charge >= 0.3 is 0 Å². The molecule has 6 nitrogen and oxygen atoms in total. The molecular weight excluding hydrogens is 374 g/mol. The molecule has 2 aliphatic heterocycles. The first kappa shape index (κ1) is 21.6. The predicted octanol–water partition coefficient (Wildman–Crippen LogP) is 4.05. The van der Waals surface area contributed by atoms with E-state index in [1.807, 2.05) is 0 Å². The zero-order chi connectivity index (χ0) is 21.1. The van der Waals surface area contributed by atoms with Crippen LogP contribution in [0.5, 0.6) is 0 Å². The van der Waals surface area contributed by atoms with Crippen LogP contribution < -0.4 is 4.90 Å². The van der Waals surface area contributed by atoms with Crippen molar-refractivity contribution in [1.82, 2.24) is 19.5 Å². The molecule has 0 radical (unpaired) electrons. The smallest absolute Gasteiger partial charge is 0.157 e. The highest BCUT2D eigenvalue weighted by molar-refractivity contribution is 5.58. The lowest BCUT2D eigenvalue weighted by Crippen LogP contribution is -2.42. The van der Waals surface area contributed by atoms with Crippen molar-refractivity contribution in [3.63, 3.8) is 0 Å². The highest BCUT2D eigenvalue weighted by Gasteiger charge is 2.27. The molecular formula is C24H39N5O. The molecule has 0 amide bonds. The normalized spacial score (nSPS) is 21.1. The Morgan fingerprint density at radius 1 is 1.13 bits per heavy atom. The molecule has 4 rings (SSSR count). The van der Waals surface area contributed by atoms with Gasteiger partial charge in [-0.05, 0) is 58.0 Å². The number of nitrogens with zero attached hydrogens (tertiary/aromatic N) is 5. The minimum atomic E-state index is 0.496. The Morgan fingerprint density at radius 2 is 1.90 bits per heavy atom. The molecule has 166 valence electrons. The molecule has 1 atom stereocenters. The Balaban J connectivity index is 1.68. The van der Waals surface area contributed by atoms with Gasteiger partial charge in [0.25, 0.3) is 0 Å². The van der Waals surface area contributed by atoms with Gasteiger partial charge in [0, 0.05) is 56.1 Å². The molecule has 0 aromatic carbocycles. The maximum absolute atomic E-state index is 5.57. The monoisotopic (exact) mass is 413 g/mol. The van der Waals surface area contributed by atoms with E-state index in [2.05, 4.69) is 48.1 Å². The van der Waals surface area contributed by atoms with Gasteiger partial charge in [-0.1, -0.05) is 20.8 Å². The average Bonchev–Trinajstić information content (AvgIpc) is 3.20. The number of hydrogen-bond acceptors (Lipinski definition) is 5. The highest BCUT2D eigenvalue weighted by Crippen LogP contribution is 2.32. The van der Waals surface area contributed by atoms with E-state index in [9.17, 15) is 0 Å². The predicted molar refractivity (Wildman–Crippen MR) is 123 cm³/mol. The van der Waals surface area contributed by atoms with Crippen LogP contribution in [0.2, 0.25) is 0 Å². The van der Waals surface area contributed by atoms with E-state index in [1.165, 1.54) is 36.5 Å². The van der Waals surface area contributed by atoms with Crippen LogP contribution in [0.1, 0.15) is 69.3 Å². The van der Waals surface area contributed by atoms with Gasteiger partial charge in [0.1, 0.15) is 5.82 Å². The molecule has 0 N–H and O–H groups in total. The van der Waals surface area contributed by atoms with Gasteiger partial charge in [-0.25, -0.2) is 4.98 Å². The van der Waals surface area contributed by atoms with Crippen LogP contribution in [0.4, 0.5) is 5.82 Å². The van der Waals surface area contributed by atoms with E-state index >= 15 is 0 Å². The number of rotatable bonds is 7. The van der Waals surface area contributed by atoms with Crippen molar-refractivity contribution in [2.45, 2.75) is 65.7 Å². The van der Waals surface area contributed by atoms with Gasteiger partial charge < -0.3 is 14.5 Å². The minimum Gasteiger partial charge on any atom is -0.381 e. The number of hydrogen-bond donors (Lipinski definition) is 0. The SMILES string of the molecule is CCc1c(C)nc2cc(C3CCOCC3)nn2c1N1CCCC(CN(CC)CC)C1. The lowest BCUT2D eigenvalue weighted by atomic mass is 9.96. The standard InChI is InChI=1S/C24H39N5O/c1-5-21-18(4)25-23-15-22(20-10-13-30-14-11-20)26-29(23)24(21)28-12-8-9-19(17-28)16-27(6-2)7-3/h15,19-20H,5-14,16-17H2,1-4H3. The lowest BCUT2D eigenvalue weighted by Gasteiger charge is -2.37. The molecule has 2 saturated heterocycles. The number of piperidine rings is 1. The molecule has 30 heavy (non-hydrogen) atoms. The Kier molecular flexibility index (Phi) is 6.94. The number of aromatic nitrogens is 3. The first-order valence-corrected chi connectivity index (χ1v) is 12.1. The third-order valence-corrected chi connectivity index (χ3v) is 7.12. The fourth-order valence-corrected chi connectivity index (χ4v) is 5.34. The van der Waals surface area contributed by atoms with E-state index in [0.29, 0.717) is 5.92 Å². The van der Waals surface area contributed by atoms with Crippen LogP contribution in [-0.4, -0.2) is 65.4 Å². The van der Waals surface area contributed by atoms with Crippen molar-refractivity contribution in [2.75, 3.05) is 50.8 Å². The Labute approximate surface area is 181 Å². The highest BCUT2D eigenvalue weighted by atomic mass is 16.5. The second-order valence-electron chi connectivity index (χ2n) is 9.02. The Hall–Kier alpha value is -1.66. The van der Waals surface area contributed by atoms with Crippen molar-refractivity contribution in [3.8, 4) is 0 Å². The summed E-state index contributed by atoms with van der Waals surface area (Å²) < 4.78 is 7.73. The largest absolute Gasteiger partial charge is 0.381 e. The van der Waals surface area contributed by atoms with E-state index in [0.717, 1.165) is 75.9 Å². The zero-order valence-corrected chi connectivity index (χ0v) is 19.4. The van der Waals surface area contributed by atoms with Crippen molar-refractivity contribution in [1.29, 1.82) is 0 Å². The van der Waals surface area contributed by atoms with Crippen LogP contribution in [-0.2, 0) is 11.2 Å². The van der Waals surface area contributed by atoms with Crippen LogP contribution >= 0.6 is 0 Å². The molecule has 0 spiro atoms. The van der Waals surface area contributed by atoms with E-state index < -0.39 is 0 Å². The minimum absolute atomic E-state index is 0.496. The van der Waals surface area contributed by atoms with Gasteiger partial charge in [0.15, 0.2) is 5.65 Å². The average molecular weight is 414 g/mol. The number of anilines is 1. The summed E-state index contributed by atoms with van der Waals surface area (Å²) in [6.45, 7) is 16.4. The quantitative estimate of drug-likeness (QED) is 0.685. The first-order chi connectivity index (χ1) is 14.6. The van der Waals surface area contributed by atoms with Gasteiger partial charge in [0.05, 0.1) is 5.69 Å². The maximum Gasteiger partial charge on any atom is 0.157 e. The fourth-order valence-electron chi connectivity index (χ4n) is 5.34. The van der Waals surface area contributed by atoms with Crippen molar-refractivity contribution < 1.29 is 4.74 Å². The molecule has 2 aromatic heterocycles. The summed E-state index contributed by atoms with van der Waals surface area (Å²) in [5.41, 5.74) is 4.71. The third-order valence-electron chi connectivity index (χ3n) is 7.12. The van der Waals surface area contributed by atoms with Gasteiger partial charge in [-0.3, -0.25) is 0 Å². The molecule has 2 fully saturated rings. The van der Waals surface area contributed by atoms with Crippen LogP contribution in [0.25, 0.3) is 5.65 Å². The second-order valence-corrected chi connectivity index (χ2v) is 9.02. The molecule has 0 bridgehead atoms. The Morgan fingerprint density at radius 3 is 2.60 bits per heavy atom. The first-order valence-electron chi connectivity index (χ1n) is 12.1. The van der Waals surface area contributed by atoms with Crippen molar-refractivity contribution >= 4 is 11.5 Å². The molecule has 4 heterocycles. The zero-order valence-electron chi connectivity index (χ0n) is 19.4. The topological polar surface area (TPSA) is 45.9 Å². The third kappa shape index (κ3) is 4.35. The number of aryl methyl sites for hydroxylation is 1. The molecule has 0 aliphatic carbocycles. The lowest BCUT2D eigenvalue weighted by molar-refractivity contribution is 0.0844. The van der Waals surface area contributed by atoms with Gasteiger partial charge in [-0.2, -0.15) is 9.61 Å². The molecule has 0 saturated carbocycles. The number of fused-ring (bicyclic) bond motifs is 1. The van der Waals surface area contributed by atoms with E-state index in [4.69, 9.17) is 14.8 Å². The summed E-state index contributed by atoms with van der Waals surface area (Å²) in [4.78, 5) is 10.1. The van der Waals surface area contributed by atoms with Gasteiger partial charge in [-0.15, -0.1) is 0 Å². The van der Waals surface area contributed by atoms with Crippen molar-refractivity contribution in [2.24, 2.45) is 5.92 Å². The maximum atomic E-state index is 5.57. The van der Waals surface area contributed by atoms with Crippen molar-refractivity contribution in [3.05, 3.63) is 23.0 Å². The van der Waals surface area contributed by atoms with Crippen LogP contribution in [0.3, 0.4) is 0 Å². The van der Waals surface area contributed by atoms with Crippen LogP contribution in [0.15, 0.2) is 6.07 Å². The molecule has 2 aliphatic rings. The fraction of sp³-hybridized carbons (Fsp3) is 0.750. The van der Waals surface area contributed by atoms with E-state index in [1.54, 1.807) is 0 Å². The summed E-state index contributed by atoms with van der Waals surface area (Å²) in [6.07, 6.45) is 5.71. The number of ether oxygens (including phenoxy) is 1. The van der Waals surface area contributed by atoms with Gasteiger partial charge in [0.2, 0.25) is 0 Å². The summed E-state index contributed by atoms with van der Waals surface area (Å²) in [7, 11) is 0. The van der Waals surface area contributed by atoms with E-state index in [-0.39, 0.29) is 0 Å². The van der Waals surface area contributed by atoms with Crippen LogP contribution in [0, 0.1) is 12.8 Å². The summed E-state index contributed by atoms with van der Waals surface area (Å²) >= 11 is 0. The summed E-state index contributed by atoms with van der Waals surface area (Å²) in [6, 6.07) is 2.23. The molecule has 1 unspecified atom stereocenters. The summed E-state index contributed by atoms with van der Waals surface area (Å²) in [5.74, 6) is 2.51. The second kappa shape index (κ2) is 9.65. The molecule has 2 aromatic rings.